The van der Waals surface area contributed by atoms with Crippen LogP contribution in [0.4, 0.5) is 0 Å². The Bertz CT molecular complexity index is 530. The van der Waals surface area contributed by atoms with Crippen molar-refractivity contribution in [3.05, 3.63) is 28.7 Å². The number of nitrogens with zero attached hydrogens (tertiary/aromatic N) is 1. The Hall–Kier alpha value is -0.390. The molecule has 2 rings (SSSR count). The first-order valence-corrected chi connectivity index (χ1v) is 8.41. The maximum Gasteiger partial charge on any atom is 0.244 e. The maximum atomic E-state index is 12.6. The summed E-state index contributed by atoms with van der Waals surface area (Å²) in [6.45, 7) is 5.54. The molecule has 0 amide bonds. The molecule has 1 aromatic rings. The lowest BCUT2D eigenvalue weighted by atomic mass is 9.90. The molecule has 2 atom stereocenters. The van der Waals surface area contributed by atoms with Crippen molar-refractivity contribution in [1.29, 1.82) is 0 Å². The van der Waals surface area contributed by atoms with Crippen LogP contribution in [0.2, 0.25) is 0 Å². The van der Waals surface area contributed by atoms with Crippen molar-refractivity contribution in [2.75, 3.05) is 13.1 Å². The second-order valence-electron chi connectivity index (χ2n) is 5.04. The highest BCUT2D eigenvalue weighted by Gasteiger charge is 2.32. The van der Waals surface area contributed by atoms with Gasteiger partial charge in [0.05, 0.1) is 4.90 Å². The van der Waals surface area contributed by atoms with Crippen molar-refractivity contribution >= 4 is 26.0 Å². The first-order valence-electron chi connectivity index (χ1n) is 6.17. The highest BCUT2D eigenvalue weighted by molar-refractivity contribution is 9.10. The van der Waals surface area contributed by atoms with Crippen molar-refractivity contribution in [1.82, 2.24) is 4.31 Å². The summed E-state index contributed by atoms with van der Waals surface area (Å²) in [5.74, 6) is 1.01. The van der Waals surface area contributed by atoms with Crippen molar-refractivity contribution in [3.8, 4) is 0 Å². The van der Waals surface area contributed by atoms with E-state index in [4.69, 9.17) is 0 Å². The van der Waals surface area contributed by atoms with E-state index in [0.717, 1.165) is 6.42 Å². The van der Waals surface area contributed by atoms with Crippen LogP contribution in [0.1, 0.15) is 20.3 Å². The fourth-order valence-electron chi connectivity index (χ4n) is 2.24. The molecule has 1 aliphatic heterocycles. The first-order chi connectivity index (χ1) is 8.43. The molecule has 1 aromatic carbocycles. The summed E-state index contributed by atoms with van der Waals surface area (Å²) >= 11 is 3.32. The molecule has 100 valence electrons. The third-order valence-corrected chi connectivity index (χ3v) is 6.63. The van der Waals surface area contributed by atoms with Crippen LogP contribution in [0.25, 0.3) is 0 Å². The van der Waals surface area contributed by atoms with Crippen LogP contribution in [-0.4, -0.2) is 25.8 Å². The predicted molar refractivity (Wildman–Crippen MR) is 75.8 cm³/mol. The molecule has 0 aliphatic carbocycles. The molecule has 0 unspecified atom stereocenters. The van der Waals surface area contributed by atoms with Crippen LogP contribution in [-0.2, 0) is 10.0 Å². The van der Waals surface area contributed by atoms with Gasteiger partial charge in [-0.05, 0) is 46.3 Å². The minimum Gasteiger partial charge on any atom is -0.207 e. The van der Waals surface area contributed by atoms with E-state index >= 15 is 0 Å². The summed E-state index contributed by atoms with van der Waals surface area (Å²) < 4.78 is 27.4. The number of sulfonamides is 1. The fourth-order valence-corrected chi connectivity index (χ4v) is 4.75. The molecule has 0 bridgehead atoms. The topological polar surface area (TPSA) is 37.4 Å². The second-order valence-corrected chi connectivity index (χ2v) is 7.80. The normalized spacial score (nSPS) is 26.2. The SMILES string of the molecule is C[C@@H]1CN(S(=O)(=O)c2ccccc2Br)CC[C@@H]1C. The van der Waals surface area contributed by atoms with Crippen LogP contribution >= 0.6 is 15.9 Å². The van der Waals surface area contributed by atoms with Crippen molar-refractivity contribution in [2.24, 2.45) is 11.8 Å². The van der Waals surface area contributed by atoms with Crippen molar-refractivity contribution in [2.45, 2.75) is 25.2 Å². The average molecular weight is 332 g/mol. The summed E-state index contributed by atoms with van der Waals surface area (Å²) in [5.41, 5.74) is 0. The number of halogens is 1. The summed E-state index contributed by atoms with van der Waals surface area (Å²) in [5, 5.41) is 0. The van der Waals surface area contributed by atoms with Gasteiger partial charge in [-0.25, -0.2) is 8.42 Å². The van der Waals surface area contributed by atoms with E-state index < -0.39 is 10.0 Å². The van der Waals surface area contributed by atoms with Gasteiger partial charge in [0.15, 0.2) is 0 Å². The zero-order chi connectivity index (χ0) is 13.3. The standard InChI is InChI=1S/C13H18BrNO2S/c1-10-7-8-15(9-11(10)2)18(16,17)13-6-4-3-5-12(13)14/h3-6,10-11H,7-9H2,1-2H3/t10-,11+/m0/s1. The lowest BCUT2D eigenvalue weighted by molar-refractivity contribution is 0.212. The summed E-state index contributed by atoms with van der Waals surface area (Å²) in [7, 11) is -3.36. The molecule has 0 aromatic heterocycles. The lowest BCUT2D eigenvalue weighted by Gasteiger charge is -2.34. The van der Waals surface area contributed by atoms with Gasteiger partial charge in [0.2, 0.25) is 10.0 Å². The Morgan fingerprint density at radius 1 is 1.22 bits per heavy atom. The molecule has 0 radical (unpaired) electrons. The van der Waals surface area contributed by atoms with Gasteiger partial charge in [0, 0.05) is 17.6 Å². The number of piperidine rings is 1. The summed E-state index contributed by atoms with van der Waals surface area (Å²) in [6, 6.07) is 7.00. The fraction of sp³-hybridized carbons (Fsp3) is 0.538. The Balaban J connectivity index is 2.30. The van der Waals surface area contributed by atoms with Gasteiger partial charge in [-0.3, -0.25) is 0 Å². The number of benzene rings is 1. The van der Waals surface area contributed by atoms with E-state index in [2.05, 4.69) is 29.8 Å². The molecule has 0 N–H and O–H groups in total. The smallest absolute Gasteiger partial charge is 0.207 e. The van der Waals surface area contributed by atoms with Gasteiger partial charge in [0.1, 0.15) is 0 Å². The van der Waals surface area contributed by atoms with Crippen LogP contribution in [0, 0.1) is 11.8 Å². The van der Waals surface area contributed by atoms with Crippen LogP contribution < -0.4 is 0 Å². The van der Waals surface area contributed by atoms with Gasteiger partial charge < -0.3 is 0 Å². The van der Waals surface area contributed by atoms with E-state index in [9.17, 15) is 8.42 Å². The van der Waals surface area contributed by atoms with Gasteiger partial charge in [-0.15, -0.1) is 0 Å². The third kappa shape index (κ3) is 2.63. The Morgan fingerprint density at radius 3 is 2.50 bits per heavy atom. The van der Waals surface area contributed by atoms with Crippen LogP contribution in [0.3, 0.4) is 0 Å². The highest BCUT2D eigenvalue weighted by Crippen LogP contribution is 2.30. The predicted octanol–water partition coefficient (Wildman–Crippen LogP) is 3.12. The zero-order valence-electron chi connectivity index (χ0n) is 10.6. The molecule has 1 heterocycles. The van der Waals surface area contributed by atoms with Gasteiger partial charge in [-0.1, -0.05) is 26.0 Å². The second kappa shape index (κ2) is 5.31. The van der Waals surface area contributed by atoms with E-state index in [0.29, 0.717) is 34.3 Å². The van der Waals surface area contributed by atoms with E-state index in [-0.39, 0.29) is 0 Å². The van der Waals surface area contributed by atoms with Crippen LogP contribution in [0.5, 0.6) is 0 Å². The average Bonchev–Trinajstić information content (AvgIpc) is 2.33. The Kier molecular flexibility index (Phi) is 4.14. The molecular formula is C13H18BrNO2S. The van der Waals surface area contributed by atoms with E-state index in [1.165, 1.54) is 0 Å². The largest absolute Gasteiger partial charge is 0.244 e. The third-order valence-electron chi connectivity index (χ3n) is 3.75. The first kappa shape index (κ1) is 14.0. The van der Waals surface area contributed by atoms with Gasteiger partial charge in [0.25, 0.3) is 0 Å². The minimum atomic E-state index is -3.36. The van der Waals surface area contributed by atoms with E-state index in [1.54, 1.807) is 22.5 Å². The highest BCUT2D eigenvalue weighted by atomic mass is 79.9. The Morgan fingerprint density at radius 2 is 1.89 bits per heavy atom. The molecule has 0 spiro atoms. The molecule has 1 saturated heterocycles. The zero-order valence-corrected chi connectivity index (χ0v) is 13.0. The Labute approximate surface area is 117 Å². The minimum absolute atomic E-state index is 0.367. The monoisotopic (exact) mass is 331 g/mol. The lowest BCUT2D eigenvalue weighted by Crippen LogP contribution is -2.42. The van der Waals surface area contributed by atoms with Crippen molar-refractivity contribution in [3.63, 3.8) is 0 Å². The molecule has 1 aliphatic rings. The quantitative estimate of drug-likeness (QED) is 0.834. The molecular weight excluding hydrogens is 314 g/mol. The number of rotatable bonds is 2. The van der Waals surface area contributed by atoms with Crippen molar-refractivity contribution < 1.29 is 8.42 Å². The number of hydrogen-bond donors (Lipinski definition) is 0. The summed E-state index contributed by atoms with van der Waals surface area (Å²) in [6.07, 6.45) is 0.935. The molecule has 0 saturated carbocycles. The molecule has 3 nitrogen and oxygen atoms in total. The number of hydrogen-bond acceptors (Lipinski definition) is 2. The maximum absolute atomic E-state index is 12.6. The van der Waals surface area contributed by atoms with E-state index in [1.807, 2.05) is 6.07 Å². The summed E-state index contributed by atoms with van der Waals surface area (Å²) in [4.78, 5) is 0.367. The van der Waals surface area contributed by atoms with Gasteiger partial charge >= 0.3 is 0 Å². The molecule has 1 fully saturated rings. The van der Waals surface area contributed by atoms with Gasteiger partial charge in [-0.2, -0.15) is 4.31 Å². The molecule has 18 heavy (non-hydrogen) atoms. The van der Waals surface area contributed by atoms with Crippen LogP contribution in [0.15, 0.2) is 33.6 Å². The molecule has 5 heteroatoms.